The van der Waals surface area contributed by atoms with Crippen LogP contribution in [-0.4, -0.2) is 34.7 Å². The number of hydrogen-bond donors (Lipinski definition) is 2. The molecule has 0 unspecified atom stereocenters. The summed E-state index contributed by atoms with van der Waals surface area (Å²) < 4.78 is 0. The molecule has 0 bridgehead atoms. The highest BCUT2D eigenvalue weighted by Gasteiger charge is 2.10. The molecule has 0 fully saturated rings. The molecule has 0 aromatic heterocycles. The maximum absolute atomic E-state index is 11.4. The summed E-state index contributed by atoms with van der Waals surface area (Å²) in [6.07, 6.45) is 1.27. The molecule has 288 valence electrons. The summed E-state index contributed by atoms with van der Waals surface area (Å²) in [5, 5.41) is 6.18. The molecule has 5 aromatic carbocycles. The van der Waals surface area contributed by atoms with Crippen LogP contribution in [0.5, 0.6) is 0 Å². The topological polar surface area (TPSA) is 61.4 Å². The lowest BCUT2D eigenvalue weighted by Gasteiger charge is -2.26. The highest BCUT2D eigenvalue weighted by atomic mass is 16.1. The molecule has 0 aliphatic rings. The molecule has 5 heteroatoms. The van der Waals surface area contributed by atoms with E-state index < -0.39 is 0 Å². The standard InChI is InChI=1S/C17H21N.C12H16O.C10H13NO.C10H15N/c1-15(2)18(13-16-9-5-3-6-10-16)14-17-11-7-4-8-12-17;1-10(2)8-12(13)9-11-6-4-3-5-7-11;1-8(2)11-10(12)9-6-4-3-5-7-9;1-9(2)11-8-10-6-4-3-5-7-10/h3-12,15H,13-14H2,1-2H3;3-7,10H,8-9H2,1-2H3;3-8H,1-2H3,(H,11,12);3-7,9,11H,8H2,1-2H3. The van der Waals surface area contributed by atoms with Gasteiger partial charge in [-0.05, 0) is 68.0 Å². The van der Waals surface area contributed by atoms with Gasteiger partial charge >= 0.3 is 0 Å². The van der Waals surface area contributed by atoms with E-state index in [2.05, 4.69) is 142 Å². The molecule has 0 aliphatic carbocycles. The fourth-order valence-electron chi connectivity index (χ4n) is 5.26. The third kappa shape index (κ3) is 21.6. The quantitative estimate of drug-likeness (QED) is 0.120. The summed E-state index contributed by atoms with van der Waals surface area (Å²) in [5.74, 6) is 0.794. The summed E-state index contributed by atoms with van der Waals surface area (Å²) in [5.41, 5.74) is 5.94. The summed E-state index contributed by atoms with van der Waals surface area (Å²) in [4.78, 5) is 25.3. The summed E-state index contributed by atoms with van der Waals surface area (Å²) >= 11 is 0. The molecule has 0 aliphatic heterocycles. The Hall–Kier alpha value is -4.84. The van der Waals surface area contributed by atoms with Crippen molar-refractivity contribution < 1.29 is 9.59 Å². The zero-order chi connectivity index (χ0) is 39.6. The molecule has 5 aromatic rings. The van der Waals surface area contributed by atoms with E-state index in [1.54, 1.807) is 12.1 Å². The fraction of sp³-hybridized carbons (Fsp3) is 0.347. The fourth-order valence-corrected chi connectivity index (χ4v) is 5.26. The Labute approximate surface area is 327 Å². The Bertz CT molecular complexity index is 1620. The minimum Gasteiger partial charge on any atom is -0.350 e. The van der Waals surface area contributed by atoms with Gasteiger partial charge in [-0.1, -0.05) is 167 Å². The number of Topliss-reactive ketones (excluding diaryl/α,β-unsaturated/α-hetero) is 1. The molecule has 0 heterocycles. The number of ketones is 1. The Balaban J connectivity index is 0.000000254. The minimum absolute atomic E-state index is 0.00870. The first kappa shape index (κ1) is 45.3. The van der Waals surface area contributed by atoms with Crippen LogP contribution in [0.15, 0.2) is 152 Å². The maximum atomic E-state index is 11.4. The van der Waals surface area contributed by atoms with Gasteiger partial charge in [0.2, 0.25) is 0 Å². The predicted octanol–water partition coefficient (Wildman–Crippen LogP) is 11.0. The highest BCUT2D eigenvalue weighted by molar-refractivity contribution is 5.94. The van der Waals surface area contributed by atoms with Crippen molar-refractivity contribution in [1.82, 2.24) is 15.5 Å². The van der Waals surface area contributed by atoms with Crippen molar-refractivity contribution in [2.45, 2.75) is 106 Å². The second-order valence-electron chi connectivity index (χ2n) is 14.8. The van der Waals surface area contributed by atoms with Gasteiger partial charge in [-0.15, -0.1) is 0 Å². The van der Waals surface area contributed by atoms with E-state index in [4.69, 9.17) is 0 Å². The largest absolute Gasteiger partial charge is 0.350 e. The Morgan fingerprint density at radius 2 is 0.889 bits per heavy atom. The summed E-state index contributed by atoms with van der Waals surface area (Å²) in [7, 11) is 0. The van der Waals surface area contributed by atoms with Crippen molar-refractivity contribution in [2.75, 3.05) is 0 Å². The van der Waals surface area contributed by atoms with Crippen molar-refractivity contribution in [3.05, 3.63) is 179 Å². The summed E-state index contributed by atoms with van der Waals surface area (Å²) in [6.45, 7) is 19.8. The SMILES string of the molecule is CC(C)CC(=O)Cc1ccccc1.CC(C)N(Cc1ccccc1)Cc1ccccc1.CC(C)NC(=O)c1ccccc1.CC(C)NCc1ccccc1. The first-order chi connectivity index (χ1) is 25.9. The molecular weight excluding hydrogens is 663 g/mol. The predicted molar refractivity (Wildman–Crippen MR) is 229 cm³/mol. The van der Waals surface area contributed by atoms with Gasteiger partial charge in [-0.25, -0.2) is 0 Å². The lowest BCUT2D eigenvalue weighted by molar-refractivity contribution is -0.119. The van der Waals surface area contributed by atoms with Crippen LogP contribution in [0.4, 0.5) is 0 Å². The number of carbonyl (C=O) groups is 2. The smallest absolute Gasteiger partial charge is 0.251 e. The van der Waals surface area contributed by atoms with Gasteiger partial charge in [0.1, 0.15) is 5.78 Å². The van der Waals surface area contributed by atoms with Crippen molar-refractivity contribution in [1.29, 1.82) is 0 Å². The number of amides is 1. The second-order valence-corrected chi connectivity index (χ2v) is 14.8. The Morgan fingerprint density at radius 1 is 0.500 bits per heavy atom. The number of hydrogen-bond acceptors (Lipinski definition) is 4. The number of carbonyl (C=O) groups excluding carboxylic acids is 2. The third-order valence-corrected chi connectivity index (χ3v) is 8.08. The molecule has 2 N–H and O–H groups in total. The van der Waals surface area contributed by atoms with E-state index in [1.165, 1.54) is 16.7 Å². The van der Waals surface area contributed by atoms with Crippen LogP contribution in [0.1, 0.15) is 94.4 Å². The zero-order valence-corrected chi connectivity index (χ0v) is 34.0. The van der Waals surface area contributed by atoms with Crippen LogP contribution >= 0.6 is 0 Å². The van der Waals surface area contributed by atoms with E-state index in [-0.39, 0.29) is 11.9 Å². The Kier molecular flexibility index (Phi) is 22.5. The zero-order valence-electron chi connectivity index (χ0n) is 34.0. The van der Waals surface area contributed by atoms with Crippen molar-refractivity contribution in [3.8, 4) is 0 Å². The number of benzene rings is 5. The van der Waals surface area contributed by atoms with Crippen LogP contribution in [0.25, 0.3) is 0 Å². The number of rotatable bonds is 14. The average Bonchev–Trinajstić information content (AvgIpc) is 3.16. The van der Waals surface area contributed by atoms with Crippen molar-refractivity contribution in [2.24, 2.45) is 5.92 Å². The van der Waals surface area contributed by atoms with Gasteiger partial charge in [-0.3, -0.25) is 14.5 Å². The maximum Gasteiger partial charge on any atom is 0.251 e. The number of nitrogens with zero attached hydrogens (tertiary/aromatic N) is 1. The van der Waals surface area contributed by atoms with E-state index in [9.17, 15) is 9.59 Å². The van der Waals surface area contributed by atoms with Gasteiger partial charge < -0.3 is 10.6 Å². The molecule has 54 heavy (non-hydrogen) atoms. The third-order valence-electron chi connectivity index (χ3n) is 8.08. The first-order valence-electron chi connectivity index (χ1n) is 19.4. The molecule has 0 radical (unpaired) electrons. The van der Waals surface area contributed by atoms with Crippen LogP contribution < -0.4 is 10.6 Å². The van der Waals surface area contributed by atoms with Crippen LogP contribution in [-0.2, 0) is 30.8 Å². The molecule has 0 saturated heterocycles. The average molecular weight is 728 g/mol. The van der Waals surface area contributed by atoms with Crippen LogP contribution in [0.2, 0.25) is 0 Å². The van der Waals surface area contributed by atoms with Crippen molar-refractivity contribution >= 4 is 11.7 Å². The van der Waals surface area contributed by atoms with Crippen LogP contribution in [0.3, 0.4) is 0 Å². The second kappa shape index (κ2) is 26.9. The normalized spacial score (nSPS) is 10.5. The lowest BCUT2D eigenvalue weighted by Crippen LogP contribution is -2.29. The molecule has 1 amide bonds. The minimum atomic E-state index is -0.00870. The van der Waals surface area contributed by atoms with Crippen molar-refractivity contribution in [3.63, 3.8) is 0 Å². The Morgan fingerprint density at radius 3 is 1.26 bits per heavy atom. The summed E-state index contributed by atoms with van der Waals surface area (Å²) in [6, 6.07) is 52.2. The van der Waals surface area contributed by atoms with Gasteiger partial charge in [0, 0.05) is 56.2 Å². The molecular formula is C49H65N3O2. The van der Waals surface area contributed by atoms with E-state index in [0.29, 0.717) is 42.2 Å². The molecule has 5 nitrogen and oxygen atoms in total. The van der Waals surface area contributed by atoms with Gasteiger partial charge in [-0.2, -0.15) is 0 Å². The molecule has 5 rings (SSSR count). The van der Waals surface area contributed by atoms with E-state index in [0.717, 1.165) is 25.2 Å². The molecule has 0 spiro atoms. The van der Waals surface area contributed by atoms with E-state index >= 15 is 0 Å². The highest BCUT2D eigenvalue weighted by Crippen LogP contribution is 2.13. The van der Waals surface area contributed by atoms with E-state index in [1.807, 2.05) is 68.4 Å². The van der Waals surface area contributed by atoms with Gasteiger partial charge in [0.25, 0.3) is 5.91 Å². The molecule has 0 atom stereocenters. The van der Waals surface area contributed by atoms with Gasteiger partial charge in [0.15, 0.2) is 0 Å². The molecule has 0 saturated carbocycles. The number of nitrogens with one attached hydrogen (secondary N) is 2. The first-order valence-corrected chi connectivity index (χ1v) is 19.4. The van der Waals surface area contributed by atoms with Gasteiger partial charge in [0.05, 0.1) is 0 Å². The monoisotopic (exact) mass is 728 g/mol. The lowest BCUT2D eigenvalue weighted by atomic mass is 10.0. The van der Waals surface area contributed by atoms with Crippen LogP contribution in [0, 0.1) is 5.92 Å².